The Morgan fingerprint density at radius 3 is 2.61 bits per heavy atom. The Balaban J connectivity index is 1.28. The molecule has 0 radical (unpaired) electrons. The Hall–Kier alpha value is -3.71. The van der Waals surface area contributed by atoms with Crippen LogP contribution in [0.2, 0.25) is 0 Å². The summed E-state index contributed by atoms with van der Waals surface area (Å²) in [5.74, 6) is 1.48. The lowest BCUT2D eigenvalue weighted by Gasteiger charge is -2.37. The molecule has 0 saturated carbocycles. The molecule has 3 aromatic carbocycles. The van der Waals surface area contributed by atoms with Crippen LogP contribution in [-0.4, -0.2) is 48.0 Å². The van der Waals surface area contributed by atoms with Gasteiger partial charge in [-0.05, 0) is 60.0 Å². The summed E-state index contributed by atoms with van der Waals surface area (Å²) in [6.45, 7) is 4.81. The largest absolute Gasteiger partial charge is 0.492 e. The van der Waals surface area contributed by atoms with E-state index in [0.29, 0.717) is 6.61 Å². The third-order valence-corrected chi connectivity index (χ3v) is 7.12. The Morgan fingerprint density at radius 2 is 1.86 bits per heavy atom. The molecule has 6 rings (SSSR count). The van der Waals surface area contributed by atoms with Crippen molar-refractivity contribution >= 4 is 22.0 Å². The number of nitrogens with one attached hydrogen (secondary N) is 1. The second-order valence-corrected chi connectivity index (χ2v) is 9.55. The molecule has 2 aliphatic heterocycles. The van der Waals surface area contributed by atoms with Crippen molar-refractivity contribution in [2.75, 3.05) is 32.9 Å². The molecule has 184 valence electrons. The van der Waals surface area contributed by atoms with E-state index in [4.69, 9.17) is 9.47 Å². The average Bonchev–Trinajstić information content (AvgIpc) is 3.33. The molecule has 1 saturated heterocycles. The van der Waals surface area contributed by atoms with E-state index in [-0.39, 0.29) is 24.5 Å². The molecule has 36 heavy (non-hydrogen) atoms. The van der Waals surface area contributed by atoms with Crippen molar-refractivity contribution in [1.82, 2.24) is 15.1 Å². The lowest BCUT2D eigenvalue weighted by atomic mass is 9.86. The van der Waals surface area contributed by atoms with Gasteiger partial charge < -0.3 is 9.47 Å². The second-order valence-electron chi connectivity index (χ2n) is 9.55. The molecule has 1 aromatic heterocycles. The summed E-state index contributed by atoms with van der Waals surface area (Å²) in [5.41, 5.74) is 5.89. The van der Waals surface area contributed by atoms with Gasteiger partial charge in [-0.25, -0.2) is 4.39 Å². The second kappa shape index (κ2) is 9.39. The molecule has 1 atom stereocenters. The van der Waals surface area contributed by atoms with Crippen molar-refractivity contribution in [3.8, 4) is 11.5 Å². The number of aromatic amines is 1. The minimum Gasteiger partial charge on any atom is -0.492 e. The number of likely N-dealkylation sites (tertiary alicyclic amines) is 1. The molecular formula is C29H27F2N3O2. The normalized spacial score (nSPS) is 18.1. The number of fused-ring (bicyclic) bond motifs is 2. The predicted molar refractivity (Wildman–Crippen MR) is 136 cm³/mol. The number of ether oxygens (including phenoxy) is 2. The number of aromatic nitrogens is 2. The van der Waals surface area contributed by atoms with Gasteiger partial charge in [-0.3, -0.25) is 14.4 Å². The molecule has 1 N–H and O–H groups in total. The summed E-state index contributed by atoms with van der Waals surface area (Å²) in [5, 5.41) is 8.16. The average molecular weight is 488 g/mol. The van der Waals surface area contributed by atoms with Crippen LogP contribution in [0, 0.1) is 11.7 Å². The van der Waals surface area contributed by atoms with Crippen LogP contribution in [0.25, 0.3) is 22.0 Å². The number of hydrogen-bond donors (Lipinski definition) is 1. The number of H-pyrrole nitrogens is 1. The van der Waals surface area contributed by atoms with Crippen molar-refractivity contribution in [3.63, 3.8) is 0 Å². The molecule has 1 fully saturated rings. The van der Waals surface area contributed by atoms with Crippen LogP contribution >= 0.6 is 0 Å². The van der Waals surface area contributed by atoms with Gasteiger partial charge in [-0.2, -0.15) is 5.10 Å². The highest BCUT2D eigenvalue weighted by atomic mass is 19.1. The Bertz CT molecular complexity index is 1410. The van der Waals surface area contributed by atoms with Crippen LogP contribution < -0.4 is 9.47 Å². The fourth-order valence-corrected chi connectivity index (χ4v) is 5.11. The molecule has 1 unspecified atom stereocenters. The number of benzene rings is 3. The van der Waals surface area contributed by atoms with Gasteiger partial charge in [-0.1, -0.05) is 24.3 Å². The first kappa shape index (κ1) is 22.7. The minimum absolute atomic E-state index is 0.182. The van der Waals surface area contributed by atoms with Gasteiger partial charge >= 0.3 is 0 Å². The Morgan fingerprint density at radius 1 is 1.08 bits per heavy atom. The van der Waals surface area contributed by atoms with Crippen LogP contribution in [0.5, 0.6) is 11.5 Å². The third-order valence-electron chi connectivity index (χ3n) is 7.12. The molecule has 0 amide bonds. The van der Waals surface area contributed by atoms with Crippen molar-refractivity contribution in [1.29, 1.82) is 0 Å². The zero-order chi connectivity index (χ0) is 24.6. The van der Waals surface area contributed by atoms with Gasteiger partial charge in [0.2, 0.25) is 0 Å². The van der Waals surface area contributed by atoms with Crippen molar-refractivity contribution in [3.05, 3.63) is 89.4 Å². The van der Waals surface area contributed by atoms with Gasteiger partial charge in [0, 0.05) is 42.1 Å². The van der Waals surface area contributed by atoms with E-state index < -0.39 is 0 Å². The SMILES string of the molecule is CC1=C(c2ccc(F)cc2)C(c2ccc(OCCN3CC(CF)C3)cc2)Oc2cc3cn[nH]c3cc21. The predicted octanol–water partition coefficient (Wildman–Crippen LogP) is 6.05. The van der Waals surface area contributed by atoms with E-state index in [9.17, 15) is 8.78 Å². The van der Waals surface area contributed by atoms with Crippen molar-refractivity contribution in [2.24, 2.45) is 5.92 Å². The van der Waals surface area contributed by atoms with Crippen molar-refractivity contribution < 1.29 is 18.3 Å². The number of hydrogen-bond acceptors (Lipinski definition) is 4. The minimum atomic E-state index is -0.361. The van der Waals surface area contributed by atoms with Gasteiger partial charge in [-0.15, -0.1) is 0 Å². The van der Waals surface area contributed by atoms with Gasteiger partial charge in [0.1, 0.15) is 30.0 Å². The van der Waals surface area contributed by atoms with Gasteiger partial charge in [0.25, 0.3) is 0 Å². The topological polar surface area (TPSA) is 50.4 Å². The van der Waals surface area contributed by atoms with Crippen LogP contribution in [0.3, 0.4) is 0 Å². The first-order valence-corrected chi connectivity index (χ1v) is 12.2. The number of allylic oxidation sites excluding steroid dienone is 1. The highest BCUT2D eigenvalue weighted by molar-refractivity contribution is 5.98. The molecule has 0 bridgehead atoms. The molecule has 0 aliphatic carbocycles. The summed E-state index contributed by atoms with van der Waals surface area (Å²) in [6.07, 6.45) is 1.42. The number of nitrogens with zero attached hydrogens (tertiary/aromatic N) is 2. The van der Waals surface area contributed by atoms with E-state index in [1.807, 2.05) is 30.3 Å². The molecule has 3 heterocycles. The zero-order valence-corrected chi connectivity index (χ0v) is 20.0. The maximum Gasteiger partial charge on any atom is 0.150 e. The lowest BCUT2D eigenvalue weighted by Crippen LogP contribution is -2.49. The van der Waals surface area contributed by atoms with Gasteiger partial charge in [0.15, 0.2) is 0 Å². The summed E-state index contributed by atoms with van der Waals surface area (Å²) in [4.78, 5) is 2.20. The van der Waals surface area contributed by atoms with E-state index >= 15 is 0 Å². The first-order chi connectivity index (χ1) is 17.6. The van der Waals surface area contributed by atoms with Crippen LogP contribution in [0.1, 0.15) is 29.7 Å². The molecule has 5 nitrogen and oxygen atoms in total. The zero-order valence-electron chi connectivity index (χ0n) is 20.0. The van der Waals surface area contributed by atoms with E-state index in [1.165, 1.54) is 12.1 Å². The van der Waals surface area contributed by atoms with Crippen LogP contribution in [0.15, 0.2) is 66.9 Å². The Labute approximate surface area is 208 Å². The fraction of sp³-hybridized carbons (Fsp3) is 0.276. The molecule has 4 aromatic rings. The number of rotatable bonds is 7. The third kappa shape index (κ3) is 4.24. The summed E-state index contributed by atoms with van der Waals surface area (Å²) in [6, 6.07) is 18.5. The highest BCUT2D eigenvalue weighted by Crippen LogP contribution is 2.47. The molecule has 7 heteroatoms. The summed E-state index contributed by atoms with van der Waals surface area (Å²) < 4.78 is 38.8. The Kier molecular flexibility index (Phi) is 5.93. The number of alkyl halides is 1. The van der Waals surface area contributed by atoms with Gasteiger partial charge in [0.05, 0.1) is 18.4 Å². The standard InChI is InChI=1S/C29H27F2N3O2/c1-18-25-13-26-22(15-32-33-26)12-27(25)36-29(28(18)20-2-6-23(31)7-3-20)21-4-8-24(9-5-21)35-11-10-34-16-19(14-30)17-34/h2-9,12-13,15,19,29H,10-11,14,16-17H2,1H3,(H,32,33). The monoisotopic (exact) mass is 487 g/mol. The highest BCUT2D eigenvalue weighted by Gasteiger charge is 2.30. The van der Waals surface area contributed by atoms with Crippen molar-refractivity contribution in [2.45, 2.75) is 13.0 Å². The van der Waals surface area contributed by atoms with E-state index in [0.717, 1.165) is 69.9 Å². The molecule has 0 spiro atoms. The van der Waals surface area contributed by atoms with Crippen LogP contribution in [-0.2, 0) is 0 Å². The maximum atomic E-state index is 13.7. The lowest BCUT2D eigenvalue weighted by molar-refractivity contribution is 0.0668. The molecular weight excluding hydrogens is 460 g/mol. The summed E-state index contributed by atoms with van der Waals surface area (Å²) >= 11 is 0. The number of halogens is 2. The molecule has 2 aliphatic rings. The quantitative estimate of drug-likeness (QED) is 0.345. The smallest absolute Gasteiger partial charge is 0.150 e. The maximum absolute atomic E-state index is 13.7. The van der Waals surface area contributed by atoms with E-state index in [1.54, 1.807) is 18.3 Å². The summed E-state index contributed by atoms with van der Waals surface area (Å²) in [7, 11) is 0. The fourth-order valence-electron chi connectivity index (χ4n) is 5.11. The van der Waals surface area contributed by atoms with E-state index in [2.05, 4.69) is 28.1 Å². The van der Waals surface area contributed by atoms with Crippen LogP contribution in [0.4, 0.5) is 8.78 Å². The first-order valence-electron chi connectivity index (χ1n) is 12.2.